The van der Waals surface area contributed by atoms with Crippen molar-refractivity contribution in [2.75, 3.05) is 5.73 Å². The standard InChI is InChI=1S/C14H16FN3/c1-9(2)6-10-4-3-5-11(7-10)13-12(15)8-17-14(16)18-13/h3-5,7-9H,6H2,1-2H3,(H2,16,17,18). The Morgan fingerprint density at radius 3 is 2.83 bits per heavy atom. The summed E-state index contributed by atoms with van der Waals surface area (Å²) in [6.45, 7) is 4.30. The van der Waals surface area contributed by atoms with E-state index in [0.29, 0.717) is 5.92 Å². The summed E-state index contributed by atoms with van der Waals surface area (Å²) in [5, 5.41) is 0. The Bertz CT molecular complexity index is 552. The Balaban J connectivity index is 2.41. The summed E-state index contributed by atoms with van der Waals surface area (Å²) in [7, 11) is 0. The summed E-state index contributed by atoms with van der Waals surface area (Å²) < 4.78 is 13.7. The predicted octanol–water partition coefficient (Wildman–Crippen LogP) is 3.06. The van der Waals surface area contributed by atoms with E-state index in [9.17, 15) is 4.39 Å². The van der Waals surface area contributed by atoms with Crippen molar-refractivity contribution in [1.29, 1.82) is 0 Å². The SMILES string of the molecule is CC(C)Cc1cccc(-c2nc(N)ncc2F)c1. The van der Waals surface area contributed by atoms with Gasteiger partial charge in [-0.3, -0.25) is 0 Å². The average Bonchev–Trinajstić information content (AvgIpc) is 2.32. The van der Waals surface area contributed by atoms with Gasteiger partial charge in [0, 0.05) is 5.56 Å². The summed E-state index contributed by atoms with van der Waals surface area (Å²) in [6, 6.07) is 7.72. The molecule has 0 bridgehead atoms. The zero-order valence-corrected chi connectivity index (χ0v) is 10.5. The first-order valence-corrected chi connectivity index (χ1v) is 5.93. The van der Waals surface area contributed by atoms with Crippen LogP contribution in [0.15, 0.2) is 30.5 Å². The van der Waals surface area contributed by atoms with Crippen molar-refractivity contribution >= 4 is 5.95 Å². The van der Waals surface area contributed by atoms with Crippen molar-refractivity contribution in [3.63, 3.8) is 0 Å². The number of nitrogen functional groups attached to an aromatic ring is 1. The topological polar surface area (TPSA) is 51.8 Å². The maximum absolute atomic E-state index is 13.7. The number of anilines is 1. The van der Waals surface area contributed by atoms with Crippen LogP contribution in [0.2, 0.25) is 0 Å². The Kier molecular flexibility index (Phi) is 3.55. The molecule has 1 aromatic carbocycles. The first kappa shape index (κ1) is 12.5. The summed E-state index contributed by atoms with van der Waals surface area (Å²) >= 11 is 0. The molecule has 2 rings (SSSR count). The average molecular weight is 245 g/mol. The molecule has 0 radical (unpaired) electrons. The molecule has 18 heavy (non-hydrogen) atoms. The molecular formula is C14H16FN3. The summed E-state index contributed by atoms with van der Waals surface area (Å²) in [4.78, 5) is 7.58. The summed E-state index contributed by atoms with van der Waals surface area (Å²) in [6.07, 6.45) is 2.06. The van der Waals surface area contributed by atoms with E-state index in [1.165, 1.54) is 5.56 Å². The Labute approximate surface area is 106 Å². The van der Waals surface area contributed by atoms with Gasteiger partial charge < -0.3 is 5.73 Å². The molecule has 4 heteroatoms. The van der Waals surface area contributed by atoms with E-state index in [1.807, 2.05) is 24.3 Å². The number of halogens is 1. The molecular weight excluding hydrogens is 229 g/mol. The largest absolute Gasteiger partial charge is 0.368 e. The molecule has 1 aromatic heterocycles. The monoisotopic (exact) mass is 245 g/mol. The maximum Gasteiger partial charge on any atom is 0.220 e. The zero-order chi connectivity index (χ0) is 13.1. The van der Waals surface area contributed by atoms with Crippen LogP contribution in [0.3, 0.4) is 0 Å². The van der Waals surface area contributed by atoms with Gasteiger partial charge in [-0.25, -0.2) is 14.4 Å². The summed E-state index contributed by atoms with van der Waals surface area (Å²) in [5.41, 5.74) is 7.65. The van der Waals surface area contributed by atoms with Crippen molar-refractivity contribution in [2.24, 2.45) is 5.92 Å². The smallest absolute Gasteiger partial charge is 0.220 e. The minimum absolute atomic E-state index is 0.0839. The van der Waals surface area contributed by atoms with Crippen molar-refractivity contribution in [3.8, 4) is 11.3 Å². The Hall–Kier alpha value is -1.97. The predicted molar refractivity (Wildman–Crippen MR) is 70.4 cm³/mol. The molecule has 0 unspecified atom stereocenters. The Morgan fingerprint density at radius 2 is 2.11 bits per heavy atom. The zero-order valence-electron chi connectivity index (χ0n) is 10.5. The van der Waals surface area contributed by atoms with Crippen LogP contribution in [0.4, 0.5) is 10.3 Å². The van der Waals surface area contributed by atoms with Crippen LogP contribution < -0.4 is 5.73 Å². The Morgan fingerprint density at radius 1 is 1.33 bits per heavy atom. The van der Waals surface area contributed by atoms with Gasteiger partial charge in [0.05, 0.1) is 6.20 Å². The third kappa shape index (κ3) is 2.83. The van der Waals surface area contributed by atoms with E-state index < -0.39 is 5.82 Å². The second kappa shape index (κ2) is 5.12. The maximum atomic E-state index is 13.7. The van der Waals surface area contributed by atoms with Crippen molar-refractivity contribution in [2.45, 2.75) is 20.3 Å². The van der Waals surface area contributed by atoms with E-state index in [-0.39, 0.29) is 11.6 Å². The number of aromatic nitrogens is 2. The van der Waals surface area contributed by atoms with Gasteiger partial charge in [-0.2, -0.15) is 0 Å². The molecule has 0 saturated heterocycles. The highest BCUT2D eigenvalue weighted by molar-refractivity contribution is 5.61. The fourth-order valence-electron chi connectivity index (χ4n) is 1.90. The molecule has 0 atom stereocenters. The van der Waals surface area contributed by atoms with Crippen LogP contribution in [0, 0.1) is 11.7 Å². The van der Waals surface area contributed by atoms with Crippen LogP contribution in [0.1, 0.15) is 19.4 Å². The number of hydrogen-bond acceptors (Lipinski definition) is 3. The molecule has 1 heterocycles. The lowest BCUT2D eigenvalue weighted by Crippen LogP contribution is -2.00. The summed E-state index contributed by atoms with van der Waals surface area (Å²) in [5.74, 6) is 0.187. The fourth-order valence-corrected chi connectivity index (χ4v) is 1.90. The van der Waals surface area contributed by atoms with E-state index in [0.717, 1.165) is 18.2 Å². The van der Waals surface area contributed by atoms with Crippen molar-refractivity contribution in [1.82, 2.24) is 9.97 Å². The molecule has 94 valence electrons. The van der Waals surface area contributed by atoms with Gasteiger partial charge in [0.15, 0.2) is 5.82 Å². The minimum Gasteiger partial charge on any atom is -0.368 e. The van der Waals surface area contributed by atoms with Crippen molar-refractivity contribution < 1.29 is 4.39 Å². The highest BCUT2D eigenvalue weighted by Crippen LogP contribution is 2.22. The molecule has 2 aromatic rings. The number of benzene rings is 1. The van der Waals surface area contributed by atoms with Gasteiger partial charge in [0.2, 0.25) is 5.95 Å². The minimum atomic E-state index is -0.453. The lowest BCUT2D eigenvalue weighted by atomic mass is 10.00. The third-order valence-electron chi connectivity index (χ3n) is 2.61. The van der Waals surface area contributed by atoms with Crippen LogP contribution in [-0.4, -0.2) is 9.97 Å². The van der Waals surface area contributed by atoms with Gasteiger partial charge in [-0.05, 0) is 24.0 Å². The molecule has 0 aliphatic carbocycles. The van der Waals surface area contributed by atoms with Gasteiger partial charge in [-0.1, -0.05) is 32.0 Å². The number of nitrogens with two attached hydrogens (primary N) is 1. The van der Waals surface area contributed by atoms with E-state index in [4.69, 9.17) is 5.73 Å². The normalized spacial score (nSPS) is 10.9. The molecule has 3 nitrogen and oxygen atoms in total. The lowest BCUT2D eigenvalue weighted by molar-refractivity contribution is 0.619. The first-order valence-electron chi connectivity index (χ1n) is 5.93. The van der Waals surface area contributed by atoms with Crippen LogP contribution in [0.5, 0.6) is 0 Å². The van der Waals surface area contributed by atoms with Crippen molar-refractivity contribution in [3.05, 3.63) is 41.8 Å². The van der Waals surface area contributed by atoms with Crippen LogP contribution in [-0.2, 0) is 6.42 Å². The molecule has 0 aliphatic rings. The molecule has 0 fully saturated rings. The number of hydrogen-bond donors (Lipinski definition) is 1. The fraction of sp³-hybridized carbons (Fsp3) is 0.286. The highest BCUT2D eigenvalue weighted by atomic mass is 19.1. The second-order valence-electron chi connectivity index (χ2n) is 4.72. The van der Waals surface area contributed by atoms with E-state index in [1.54, 1.807) is 0 Å². The highest BCUT2D eigenvalue weighted by Gasteiger charge is 2.09. The van der Waals surface area contributed by atoms with E-state index >= 15 is 0 Å². The lowest BCUT2D eigenvalue weighted by Gasteiger charge is -2.08. The molecule has 0 spiro atoms. The molecule has 0 saturated carbocycles. The van der Waals surface area contributed by atoms with Gasteiger partial charge in [-0.15, -0.1) is 0 Å². The second-order valence-corrected chi connectivity index (χ2v) is 4.72. The first-order chi connectivity index (χ1) is 8.56. The van der Waals surface area contributed by atoms with Crippen LogP contribution in [0.25, 0.3) is 11.3 Å². The third-order valence-corrected chi connectivity index (χ3v) is 2.61. The molecule has 0 amide bonds. The number of rotatable bonds is 3. The van der Waals surface area contributed by atoms with Gasteiger partial charge >= 0.3 is 0 Å². The van der Waals surface area contributed by atoms with Crippen LogP contribution >= 0.6 is 0 Å². The molecule has 0 aliphatic heterocycles. The number of nitrogens with zero attached hydrogens (tertiary/aromatic N) is 2. The van der Waals surface area contributed by atoms with Gasteiger partial charge in [0.25, 0.3) is 0 Å². The quantitative estimate of drug-likeness (QED) is 0.904. The van der Waals surface area contributed by atoms with Gasteiger partial charge in [0.1, 0.15) is 5.69 Å². The van der Waals surface area contributed by atoms with E-state index in [2.05, 4.69) is 23.8 Å². The molecule has 2 N–H and O–H groups in total.